The van der Waals surface area contributed by atoms with E-state index in [1.54, 1.807) is 0 Å². The van der Waals surface area contributed by atoms with Gasteiger partial charge in [-0.3, -0.25) is 0 Å². The lowest BCUT2D eigenvalue weighted by Gasteiger charge is -2.39. The second-order valence-electron chi connectivity index (χ2n) is 4.03. The van der Waals surface area contributed by atoms with Gasteiger partial charge in [-0.05, 0) is 45.2 Å². The minimum absolute atomic E-state index is 0.744. The number of thiocarbonyl (C=S) groups is 1. The van der Waals surface area contributed by atoms with Gasteiger partial charge in [0.2, 0.25) is 0 Å². The first kappa shape index (κ1) is 9.41. The predicted molar refractivity (Wildman–Crippen MR) is 59.0 cm³/mol. The second kappa shape index (κ2) is 4.38. The fourth-order valence-corrected chi connectivity index (χ4v) is 2.72. The molecule has 13 heavy (non-hydrogen) atoms. The van der Waals surface area contributed by atoms with Crippen LogP contribution in [0.4, 0.5) is 0 Å². The van der Waals surface area contributed by atoms with Crippen molar-refractivity contribution in [1.82, 2.24) is 10.2 Å². The Hall–Kier alpha value is -0.150. The van der Waals surface area contributed by atoms with Crippen molar-refractivity contribution in [2.45, 2.75) is 38.1 Å². The Balaban J connectivity index is 1.92. The molecule has 1 N–H and O–H groups in total. The zero-order valence-corrected chi connectivity index (χ0v) is 8.91. The molecule has 0 bridgehead atoms. The summed E-state index contributed by atoms with van der Waals surface area (Å²) < 4.78 is 0. The van der Waals surface area contributed by atoms with Gasteiger partial charge in [-0.15, -0.1) is 0 Å². The number of nitrogens with zero attached hydrogens (tertiary/aromatic N) is 1. The topological polar surface area (TPSA) is 15.3 Å². The standard InChI is InChI=1S/C10H18N2S/c13-10-3-1-2-8-12(10)9-4-6-11-7-5-9/h9,11H,1-8H2. The molecule has 0 aromatic rings. The van der Waals surface area contributed by atoms with E-state index in [9.17, 15) is 0 Å². The highest BCUT2D eigenvalue weighted by atomic mass is 32.1. The lowest BCUT2D eigenvalue weighted by atomic mass is 10.0. The molecule has 3 heteroatoms. The Labute approximate surface area is 85.7 Å². The van der Waals surface area contributed by atoms with E-state index in [1.807, 2.05) is 0 Å². The van der Waals surface area contributed by atoms with Crippen LogP contribution in [0, 0.1) is 0 Å². The maximum absolute atomic E-state index is 5.41. The Bertz CT molecular complexity index is 187. The van der Waals surface area contributed by atoms with Gasteiger partial charge in [0.25, 0.3) is 0 Å². The Morgan fingerprint density at radius 3 is 2.69 bits per heavy atom. The molecule has 2 aliphatic rings. The second-order valence-corrected chi connectivity index (χ2v) is 4.50. The zero-order valence-electron chi connectivity index (χ0n) is 8.09. The average Bonchev–Trinajstić information content (AvgIpc) is 2.20. The van der Waals surface area contributed by atoms with Gasteiger partial charge < -0.3 is 10.2 Å². The first-order chi connectivity index (χ1) is 6.38. The van der Waals surface area contributed by atoms with Gasteiger partial charge in [-0.1, -0.05) is 12.2 Å². The van der Waals surface area contributed by atoms with E-state index in [-0.39, 0.29) is 0 Å². The number of nitrogens with one attached hydrogen (secondary N) is 1. The van der Waals surface area contributed by atoms with Crippen LogP contribution >= 0.6 is 12.2 Å². The average molecular weight is 198 g/mol. The first-order valence-corrected chi connectivity index (χ1v) is 5.79. The third-order valence-corrected chi connectivity index (χ3v) is 3.55. The van der Waals surface area contributed by atoms with Crippen LogP contribution in [0.2, 0.25) is 0 Å². The van der Waals surface area contributed by atoms with E-state index in [1.165, 1.54) is 50.3 Å². The molecule has 0 unspecified atom stereocenters. The molecule has 0 radical (unpaired) electrons. The van der Waals surface area contributed by atoms with Crippen LogP contribution in [-0.4, -0.2) is 35.6 Å². The maximum Gasteiger partial charge on any atom is 0.0781 e. The third-order valence-electron chi connectivity index (χ3n) is 3.11. The molecule has 74 valence electrons. The van der Waals surface area contributed by atoms with Gasteiger partial charge in [-0.2, -0.15) is 0 Å². The summed E-state index contributed by atoms with van der Waals surface area (Å²) in [6.45, 7) is 3.55. The summed E-state index contributed by atoms with van der Waals surface area (Å²) in [5, 5.41) is 3.40. The van der Waals surface area contributed by atoms with Crippen LogP contribution < -0.4 is 5.32 Å². The highest BCUT2D eigenvalue weighted by Crippen LogP contribution is 2.19. The molecule has 0 atom stereocenters. The summed E-state index contributed by atoms with van der Waals surface area (Å²) >= 11 is 5.41. The normalized spacial score (nSPS) is 26.5. The molecular weight excluding hydrogens is 180 g/mol. The zero-order chi connectivity index (χ0) is 9.10. The lowest BCUT2D eigenvalue weighted by molar-refractivity contribution is 0.237. The molecule has 2 nitrogen and oxygen atoms in total. The maximum atomic E-state index is 5.41. The van der Waals surface area contributed by atoms with Crippen molar-refractivity contribution in [3.8, 4) is 0 Å². The summed E-state index contributed by atoms with van der Waals surface area (Å²) in [4.78, 5) is 3.71. The monoisotopic (exact) mass is 198 g/mol. The molecule has 0 aromatic heterocycles. The summed E-state index contributed by atoms with van der Waals surface area (Å²) in [6.07, 6.45) is 6.35. The van der Waals surface area contributed by atoms with Crippen molar-refractivity contribution in [2.75, 3.05) is 19.6 Å². The summed E-state index contributed by atoms with van der Waals surface area (Å²) in [7, 11) is 0. The Kier molecular flexibility index (Phi) is 3.17. The SMILES string of the molecule is S=C1CCCCN1C1CCNCC1. The van der Waals surface area contributed by atoms with E-state index in [0.717, 1.165) is 12.5 Å². The van der Waals surface area contributed by atoms with Gasteiger partial charge in [0, 0.05) is 12.6 Å². The largest absolute Gasteiger partial charge is 0.363 e. The van der Waals surface area contributed by atoms with E-state index >= 15 is 0 Å². The highest BCUT2D eigenvalue weighted by Gasteiger charge is 2.24. The number of piperidine rings is 2. The quantitative estimate of drug-likeness (QED) is 0.644. The van der Waals surface area contributed by atoms with Gasteiger partial charge in [0.15, 0.2) is 0 Å². The molecule has 2 saturated heterocycles. The van der Waals surface area contributed by atoms with Crippen molar-refractivity contribution in [2.24, 2.45) is 0 Å². The van der Waals surface area contributed by atoms with Crippen LogP contribution in [0.5, 0.6) is 0 Å². The van der Waals surface area contributed by atoms with Crippen LogP contribution in [0.3, 0.4) is 0 Å². The van der Waals surface area contributed by atoms with Crippen molar-refractivity contribution in [3.63, 3.8) is 0 Å². The molecule has 2 fully saturated rings. The minimum Gasteiger partial charge on any atom is -0.363 e. The van der Waals surface area contributed by atoms with E-state index < -0.39 is 0 Å². The molecular formula is C10H18N2S. The van der Waals surface area contributed by atoms with Gasteiger partial charge in [0.05, 0.1) is 4.99 Å². The molecule has 0 amide bonds. The number of hydrogen-bond donors (Lipinski definition) is 1. The van der Waals surface area contributed by atoms with Gasteiger partial charge >= 0.3 is 0 Å². The molecule has 0 aromatic carbocycles. The number of hydrogen-bond acceptors (Lipinski definition) is 2. The predicted octanol–water partition coefficient (Wildman–Crippen LogP) is 1.55. The number of likely N-dealkylation sites (tertiary alicyclic amines) is 1. The summed E-state index contributed by atoms with van der Waals surface area (Å²) in [6, 6.07) is 0.744. The van der Waals surface area contributed by atoms with E-state index in [4.69, 9.17) is 12.2 Å². The Morgan fingerprint density at radius 1 is 1.23 bits per heavy atom. The first-order valence-electron chi connectivity index (χ1n) is 5.38. The summed E-state index contributed by atoms with van der Waals surface area (Å²) in [5.41, 5.74) is 0. The molecule has 0 aliphatic carbocycles. The van der Waals surface area contributed by atoms with Crippen molar-refractivity contribution in [1.29, 1.82) is 0 Å². The minimum atomic E-state index is 0.744. The van der Waals surface area contributed by atoms with Crippen LogP contribution in [-0.2, 0) is 0 Å². The Morgan fingerprint density at radius 2 is 2.00 bits per heavy atom. The smallest absolute Gasteiger partial charge is 0.0781 e. The van der Waals surface area contributed by atoms with Gasteiger partial charge in [0.1, 0.15) is 0 Å². The lowest BCUT2D eigenvalue weighted by Crippen LogP contribution is -2.47. The van der Waals surface area contributed by atoms with Crippen molar-refractivity contribution < 1.29 is 0 Å². The van der Waals surface area contributed by atoms with Crippen molar-refractivity contribution >= 4 is 17.2 Å². The van der Waals surface area contributed by atoms with Crippen LogP contribution in [0.1, 0.15) is 32.1 Å². The molecule has 0 saturated carbocycles. The van der Waals surface area contributed by atoms with Crippen LogP contribution in [0.15, 0.2) is 0 Å². The molecule has 0 spiro atoms. The summed E-state index contributed by atoms with van der Waals surface area (Å²) in [5.74, 6) is 0. The van der Waals surface area contributed by atoms with Gasteiger partial charge in [-0.25, -0.2) is 0 Å². The van der Waals surface area contributed by atoms with E-state index in [2.05, 4.69) is 10.2 Å². The van der Waals surface area contributed by atoms with Crippen LogP contribution in [0.25, 0.3) is 0 Å². The van der Waals surface area contributed by atoms with Crippen molar-refractivity contribution in [3.05, 3.63) is 0 Å². The highest BCUT2D eigenvalue weighted by molar-refractivity contribution is 7.80. The number of rotatable bonds is 1. The molecule has 2 aliphatic heterocycles. The molecule has 2 rings (SSSR count). The molecule has 2 heterocycles. The van der Waals surface area contributed by atoms with E-state index in [0.29, 0.717) is 0 Å². The third kappa shape index (κ3) is 2.20. The fourth-order valence-electron chi connectivity index (χ4n) is 2.33. The fraction of sp³-hybridized carbons (Fsp3) is 0.900.